The highest BCUT2D eigenvalue weighted by Crippen LogP contribution is 2.37. The minimum Gasteiger partial charge on any atom is -0.361 e. The van der Waals surface area contributed by atoms with Crippen molar-refractivity contribution in [1.82, 2.24) is 10.3 Å². The highest BCUT2D eigenvalue weighted by atomic mass is 32.2. The number of thioether (sulfide) groups is 1. The lowest BCUT2D eigenvalue weighted by atomic mass is 10.1. The molecule has 48 heavy (non-hydrogen) atoms. The summed E-state index contributed by atoms with van der Waals surface area (Å²) in [5.74, 6) is -1.04. The van der Waals surface area contributed by atoms with Crippen LogP contribution < -0.4 is 16.0 Å². The highest BCUT2D eigenvalue weighted by Gasteiger charge is 2.23. The molecule has 4 N–H and O–H groups in total. The standard InChI is InChI=1S/C40H34N4O3S/c1-26-20-21-34(27(2)22-26)43-40(47)37(28-12-5-3-6-13-28)48-32-17-11-16-31(24-32)42-39(46)36(44-38(45)29-14-7-4-8-15-29)23-30-25-41-35-19-10-9-18-33(30)35/h3-25,37,41H,1-2H3,(H,42,46)(H,43,47)(H,44,45)/b36-23-. The zero-order valence-corrected chi connectivity index (χ0v) is 27.3. The van der Waals surface area contributed by atoms with Gasteiger partial charge >= 0.3 is 0 Å². The summed E-state index contributed by atoms with van der Waals surface area (Å²) in [7, 11) is 0. The van der Waals surface area contributed by atoms with Crippen molar-refractivity contribution in [3.63, 3.8) is 0 Å². The van der Waals surface area contributed by atoms with Gasteiger partial charge in [0, 0.05) is 44.5 Å². The minimum absolute atomic E-state index is 0.0849. The summed E-state index contributed by atoms with van der Waals surface area (Å²) in [6.45, 7) is 3.99. The number of hydrogen-bond donors (Lipinski definition) is 4. The average molecular weight is 651 g/mol. The molecule has 6 rings (SSSR count). The van der Waals surface area contributed by atoms with Gasteiger partial charge in [-0.2, -0.15) is 0 Å². The lowest BCUT2D eigenvalue weighted by Gasteiger charge is -2.19. The summed E-state index contributed by atoms with van der Waals surface area (Å²) in [5.41, 5.74) is 6.43. The Bertz CT molecular complexity index is 2120. The van der Waals surface area contributed by atoms with E-state index < -0.39 is 17.1 Å². The molecule has 6 aromatic rings. The Labute approximate surface area is 283 Å². The maximum Gasteiger partial charge on any atom is 0.272 e. The van der Waals surface area contributed by atoms with Gasteiger partial charge in [-0.3, -0.25) is 14.4 Å². The van der Waals surface area contributed by atoms with E-state index >= 15 is 0 Å². The van der Waals surface area contributed by atoms with Crippen LogP contribution in [0.15, 0.2) is 144 Å². The third-order valence-corrected chi connectivity index (χ3v) is 9.02. The van der Waals surface area contributed by atoms with E-state index in [1.165, 1.54) is 11.8 Å². The first-order valence-corrected chi connectivity index (χ1v) is 16.4. The van der Waals surface area contributed by atoms with Crippen molar-refractivity contribution in [3.8, 4) is 0 Å². The van der Waals surface area contributed by atoms with Crippen molar-refractivity contribution in [2.24, 2.45) is 0 Å². The van der Waals surface area contributed by atoms with Gasteiger partial charge < -0.3 is 20.9 Å². The summed E-state index contributed by atoms with van der Waals surface area (Å²) in [6, 6.07) is 39.4. The van der Waals surface area contributed by atoms with Gasteiger partial charge in [0.05, 0.1) is 0 Å². The number of aromatic nitrogens is 1. The maximum atomic E-state index is 13.8. The van der Waals surface area contributed by atoms with Crippen molar-refractivity contribution < 1.29 is 14.4 Å². The van der Waals surface area contributed by atoms with Crippen molar-refractivity contribution in [1.29, 1.82) is 0 Å². The summed E-state index contributed by atoms with van der Waals surface area (Å²) < 4.78 is 0. The fraction of sp³-hybridized carbons (Fsp3) is 0.0750. The van der Waals surface area contributed by atoms with Gasteiger partial charge in [0.25, 0.3) is 11.8 Å². The number of fused-ring (bicyclic) bond motifs is 1. The zero-order valence-electron chi connectivity index (χ0n) is 26.5. The van der Waals surface area contributed by atoms with E-state index in [9.17, 15) is 14.4 Å². The molecule has 5 aromatic carbocycles. The molecule has 1 atom stereocenters. The van der Waals surface area contributed by atoms with Crippen LogP contribution in [0.5, 0.6) is 0 Å². The van der Waals surface area contributed by atoms with E-state index in [1.807, 2.05) is 111 Å². The molecule has 0 aliphatic heterocycles. The van der Waals surface area contributed by atoms with Crippen LogP contribution in [0.25, 0.3) is 17.0 Å². The molecule has 0 aliphatic rings. The second-order valence-electron chi connectivity index (χ2n) is 11.4. The van der Waals surface area contributed by atoms with Gasteiger partial charge in [-0.05, 0) is 73.5 Å². The number of nitrogens with one attached hydrogen (secondary N) is 4. The van der Waals surface area contributed by atoms with Gasteiger partial charge in [-0.25, -0.2) is 0 Å². The van der Waals surface area contributed by atoms with Crippen LogP contribution in [0.3, 0.4) is 0 Å². The topological polar surface area (TPSA) is 103 Å². The van der Waals surface area contributed by atoms with Crippen LogP contribution in [0.2, 0.25) is 0 Å². The zero-order chi connectivity index (χ0) is 33.5. The molecular formula is C40H34N4O3S. The Morgan fingerprint density at radius 1 is 0.750 bits per heavy atom. The first-order valence-electron chi connectivity index (χ1n) is 15.5. The fourth-order valence-corrected chi connectivity index (χ4v) is 6.43. The second kappa shape index (κ2) is 14.7. The average Bonchev–Trinajstić information content (AvgIpc) is 3.51. The number of anilines is 2. The third-order valence-electron chi connectivity index (χ3n) is 7.78. The number of carbonyl (C=O) groups is 3. The van der Waals surface area contributed by atoms with Gasteiger partial charge in [0.15, 0.2) is 0 Å². The molecule has 238 valence electrons. The number of H-pyrrole nitrogens is 1. The van der Waals surface area contributed by atoms with E-state index in [1.54, 1.807) is 42.6 Å². The normalized spacial score (nSPS) is 11.9. The first-order chi connectivity index (χ1) is 23.3. The number of aromatic amines is 1. The SMILES string of the molecule is Cc1ccc(NC(=O)C(Sc2cccc(NC(=O)/C(=C/c3c[nH]c4ccccc34)NC(=O)c3ccccc3)c2)c2ccccc2)c(C)c1. The van der Waals surface area contributed by atoms with E-state index in [0.29, 0.717) is 11.3 Å². The molecule has 1 aromatic heterocycles. The molecule has 0 spiro atoms. The van der Waals surface area contributed by atoms with Crippen LogP contribution in [0.1, 0.15) is 37.9 Å². The number of para-hydroxylation sites is 1. The van der Waals surface area contributed by atoms with Gasteiger partial charge in [-0.1, -0.05) is 90.5 Å². The summed E-state index contributed by atoms with van der Waals surface area (Å²) in [5, 5.41) is 9.22. The molecule has 1 unspecified atom stereocenters. The molecule has 0 fully saturated rings. The van der Waals surface area contributed by atoms with Gasteiger partial charge in [-0.15, -0.1) is 11.8 Å². The second-order valence-corrected chi connectivity index (χ2v) is 12.5. The van der Waals surface area contributed by atoms with Crippen LogP contribution >= 0.6 is 11.8 Å². The Morgan fingerprint density at radius 2 is 1.48 bits per heavy atom. The van der Waals surface area contributed by atoms with E-state index in [0.717, 1.165) is 43.7 Å². The van der Waals surface area contributed by atoms with Crippen LogP contribution in [-0.4, -0.2) is 22.7 Å². The molecule has 8 heteroatoms. The quantitative estimate of drug-likeness (QED) is 0.0880. The molecule has 0 radical (unpaired) electrons. The van der Waals surface area contributed by atoms with Crippen LogP contribution in [0, 0.1) is 13.8 Å². The number of benzene rings is 5. The number of carbonyl (C=O) groups excluding carboxylic acids is 3. The van der Waals surface area contributed by atoms with E-state index in [4.69, 9.17) is 0 Å². The Hall–Kier alpha value is -5.86. The van der Waals surface area contributed by atoms with E-state index in [2.05, 4.69) is 20.9 Å². The van der Waals surface area contributed by atoms with E-state index in [-0.39, 0.29) is 11.6 Å². The lowest BCUT2D eigenvalue weighted by Crippen LogP contribution is -2.30. The highest BCUT2D eigenvalue weighted by molar-refractivity contribution is 8.00. The van der Waals surface area contributed by atoms with Crippen molar-refractivity contribution in [2.75, 3.05) is 10.6 Å². The summed E-state index contributed by atoms with van der Waals surface area (Å²) in [6.07, 6.45) is 3.47. The molecular weight excluding hydrogens is 617 g/mol. The van der Waals surface area contributed by atoms with Gasteiger partial charge in [0.2, 0.25) is 5.91 Å². The number of hydrogen-bond acceptors (Lipinski definition) is 4. The third kappa shape index (κ3) is 7.74. The van der Waals surface area contributed by atoms with Crippen molar-refractivity contribution >= 4 is 57.8 Å². The number of aryl methyl sites for hydroxylation is 2. The van der Waals surface area contributed by atoms with Gasteiger partial charge in [0.1, 0.15) is 10.9 Å². The predicted octanol–water partition coefficient (Wildman–Crippen LogP) is 8.67. The molecule has 0 aliphatic carbocycles. The maximum absolute atomic E-state index is 13.8. The van der Waals surface area contributed by atoms with Crippen molar-refractivity contribution in [3.05, 3.63) is 167 Å². The molecule has 3 amide bonds. The van der Waals surface area contributed by atoms with Crippen molar-refractivity contribution in [2.45, 2.75) is 24.0 Å². The lowest BCUT2D eigenvalue weighted by molar-refractivity contribution is -0.116. The molecule has 0 bridgehead atoms. The molecule has 0 saturated carbocycles. The molecule has 0 saturated heterocycles. The Kier molecular flexibility index (Phi) is 9.83. The molecule has 1 heterocycles. The monoisotopic (exact) mass is 650 g/mol. The largest absolute Gasteiger partial charge is 0.361 e. The predicted molar refractivity (Wildman–Crippen MR) is 195 cm³/mol. The Morgan fingerprint density at radius 3 is 2.25 bits per heavy atom. The number of rotatable bonds is 10. The summed E-state index contributed by atoms with van der Waals surface area (Å²) in [4.78, 5) is 44.7. The fourth-order valence-electron chi connectivity index (χ4n) is 5.35. The Balaban J connectivity index is 1.26. The van der Waals surface area contributed by atoms with Crippen LogP contribution in [-0.2, 0) is 9.59 Å². The number of amides is 3. The minimum atomic E-state index is -0.555. The smallest absolute Gasteiger partial charge is 0.272 e. The summed E-state index contributed by atoms with van der Waals surface area (Å²) >= 11 is 1.39. The van der Waals surface area contributed by atoms with Crippen LogP contribution in [0.4, 0.5) is 11.4 Å². The first kappa shape index (κ1) is 32.1. The molecule has 7 nitrogen and oxygen atoms in total.